The third-order valence-corrected chi connectivity index (χ3v) is 5.11. The van der Waals surface area contributed by atoms with Gasteiger partial charge in [-0.15, -0.1) is 11.3 Å². The fourth-order valence-electron chi connectivity index (χ4n) is 2.70. The molecule has 2 aromatic rings. The predicted molar refractivity (Wildman–Crippen MR) is 100 cm³/mol. The smallest absolute Gasteiger partial charge is 0.228 e. The molecule has 0 radical (unpaired) electrons. The number of rotatable bonds is 7. The van der Waals surface area contributed by atoms with Crippen molar-refractivity contribution in [2.45, 2.75) is 39.2 Å². The third kappa shape index (κ3) is 5.11. The van der Waals surface area contributed by atoms with Crippen molar-refractivity contribution in [3.05, 3.63) is 34.7 Å². The number of nitrogens with one attached hydrogen (secondary N) is 1. The molecule has 6 heteroatoms. The Bertz CT molecular complexity index is 723. The van der Waals surface area contributed by atoms with E-state index in [1.54, 1.807) is 0 Å². The van der Waals surface area contributed by atoms with Gasteiger partial charge in [0.25, 0.3) is 0 Å². The van der Waals surface area contributed by atoms with Crippen LogP contribution in [-0.4, -0.2) is 36.8 Å². The summed E-state index contributed by atoms with van der Waals surface area (Å²) in [5, 5.41) is 5.43. The molecule has 1 saturated heterocycles. The van der Waals surface area contributed by atoms with Gasteiger partial charge in [0.1, 0.15) is 0 Å². The summed E-state index contributed by atoms with van der Waals surface area (Å²) in [5.41, 5.74) is 4.45. The average Bonchev–Trinajstić information content (AvgIpc) is 3.26. The van der Waals surface area contributed by atoms with E-state index in [9.17, 15) is 4.79 Å². The second-order valence-corrected chi connectivity index (χ2v) is 7.20. The van der Waals surface area contributed by atoms with E-state index < -0.39 is 0 Å². The van der Waals surface area contributed by atoms with Gasteiger partial charge in [-0.25, -0.2) is 4.98 Å². The number of carbonyl (C=O) groups is 1. The number of hydrogen-bond donors (Lipinski definition) is 1. The quantitative estimate of drug-likeness (QED) is 0.760. The van der Waals surface area contributed by atoms with E-state index in [1.165, 1.54) is 22.5 Å². The van der Waals surface area contributed by atoms with Crippen LogP contribution in [0.2, 0.25) is 0 Å². The van der Waals surface area contributed by atoms with Gasteiger partial charge in [0.05, 0.1) is 31.4 Å². The number of anilines is 1. The minimum absolute atomic E-state index is 0.0756. The lowest BCUT2D eigenvalue weighted by molar-refractivity contribution is -0.117. The van der Waals surface area contributed by atoms with Crippen molar-refractivity contribution in [1.82, 2.24) is 4.98 Å². The van der Waals surface area contributed by atoms with Gasteiger partial charge in [-0.1, -0.05) is 12.1 Å². The number of benzene rings is 1. The third-order valence-electron chi connectivity index (χ3n) is 4.35. The fourth-order valence-corrected chi connectivity index (χ4v) is 3.44. The Labute approximate surface area is 152 Å². The topological polar surface area (TPSA) is 60.5 Å². The molecule has 1 aliphatic rings. The zero-order valence-corrected chi connectivity index (χ0v) is 15.5. The number of aromatic nitrogens is 1. The molecule has 1 aliphatic heterocycles. The molecule has 1 amide bonds. The van der Waals surface area contributed by atoms with Crippen LogP contribution in [0.15, 0.2) is 23.6 Å². The number of amides is 1. The molecule has 3 rings (SSSR count). The summed E-state index contributed by atoms with van der Waals surface area (Å²) in [7, 11) is 0. The molecular weight excluding hydrogens is 336 g/mol. The summed E-state index contributed by atoms with van der Waals surface area (Å²) < 4.78 is 11.0. The van der Waals surface area contributed by atoms with Crippen molar-refractivity contribution in [3.8, 4) is 11.3 Å². The molecule has 0 spiro atoms. The van der Waals surface area contributed by atoms with Crippen molar-refractivity contribution in [3.63, 3.8) is 0 Å². The summed E-state index contributed by atoms with van der Waals surface area (Å²) in [6.07, 6.45) is 2.67. The Morgan fingerprint density at radius 1 is 1.40 bits per heavy atom. The highest BCUT2D eigenvalue weighted by molar-refractivity contribution is 7.14. The molecule has 1 unspecified atom stereocenters. The summed E-state index contributed by atoms with van der Waals surface area (Å²) in [4.78, 5) is 16.5. The Balaban J connectivity index is 1.45. The molecule has 0 bridgehead atoms. The van der Waals surface area contributed by atoms with Gasteiger partial charge in [-0.05, 0) is 43.9 Å². The first-order valence-corrected chi connectivity index (χ1v) is 9.52. The monoisotopic (exact) mass is 360 g/mol. The van der Waals surface area contributed by atoms with Crippen molar-refractivity contribution in [1.29, 1.82) is 0 Å². The van der Waals surface area contributed by atoms with Crippen LogP contribution in [0, 0.1) is 13.8 Å². The molecule has 1 fully saturated rings. The molecule has 134 valence electrons. The van der Waals surface area contributed by atoms with Gasteiger partial charge in [-0.3, -0.25) is 4.79 Å². The van der Waals surface area contributed by atoms with Crippen LogP contribution >= 0.6 is 11.3 Å². The number of thiazole rings is 1. The minimum atomic E-state index is -0.0756. The van der Waals surface area contributed by atoms with E-state index in [2.05, 4.69) is 42.3 Å². The number of ether oxygens (including phenoxy) is 2. The number of carbonyl (C=O) groups excluding carboxylic acids is 1. The molecule has 1 aromatic carbocycles. The first-order chi connectivity index (χ1) is 12.1. The number of nitrogens with zero attached hydrogens (tertiary/aromatic N) is 1. The van der Waals surface area contributed by atoms with Gasteiger partial charge < -0.3 is 14.8 Å². The molecule has 1 N–H and O–H groups in total. The summed E-state index contributed by atoms with van der Waals surface area (Å²) in [6, 6.07) is 6.27. The SMILES string of the molecule is Cc1ccc(-c2csc(NC(=O)CCOCC3CCCO3)n2)cc1C. The van der Waals surface area contributed by atoms with E-state index in [-0.39, 0.29) is 12.0 Å². The van der Waals surface area contributed by atoms with Crippen LogP contribution in [-0.2, 0) is 14.3 Å². The highest BCUT2D eigenvalue weighted by Crippen LogP contribution is 2.26. The van der Waals surface area contributed by atoms with Crippen molar-refractivity contribution in [2.24, 2.45) is 0 Å². The molecule has 0 saturated carbocycles. The van der Waals surface area contributed by atoms with Crippen LogP contribution in [0.5, 0.6) is 0 Å². The summed E-state index contributed by atoms with van der Waals surface area (Å²) >= 11 is 1.44. The lowest BCUT2D eigenvalue weighted by Crippen LogP contribution is -2.18. The van der Waals surface area contributed by atoms with Gasteiger partial charge >= 0.3 is 0 Å². The maximum atomic E-state index is 12.0. The Hall–Kier alpha value is -1.76. The zero-order chi connectivity index (χ0) is 17.6. The Morgan fingerprint density at radius 3 is 3.04 bits per heavy atom. The fraction of sp³-hybridized carbons (Fsp3) is 0.474. The van der Waals surface area contributed by atoms with Crippen LogP contribution in [0.1, 0.15) is 30.4 Å². The van der Waals surface area contributed by atoms with Crippen molar-refractivity contribution >= 4 is 22.4 Å². The first-order valence-electron chi connectivity index (χ1n) is 8.64. The van der Waals surface area contributed by atoms with Crippen LogP contribution in [0.4, 0.5) is 5.13 Å². The average molecular weight is 360 g/mol. The Kier molecular flexibility index (Phi) is 6.18. The lowest BCUT2D eigenvalue weighted by atomic mass is 10.1. The molecule has 5 nitrogen and oxygen atoms in total. The van der Waals surface area contributed by atoms with E-state index in [0.717, 1.165) is 30.7 Å². The predicted octanol–water partition coefficient (Wildman–Crippen LogP) is 3.95. The van der Waals surface area contributed by atoms with E-state index in [0.29, 0.717) is 24.8 Å². The number of aryl methyl sites for hydroxylation is 2. The molecular formula is C19H24N2O3S. The van der Waals surface area contributed by atoms with Crippen molar-refractivity contribution in [2.75, 3.05) is 25.1 Å². The second kappa shape index (κ2) is 8.56. The normalized spacial score (nSPS) is 17.0. The van der Waals surface area contributed by atoms with Crippen LogP contribution < -0.4 is 5.32 Å². The van der Waals surface area contributed by atoms with E-state index in [1.807, 2.05) is 5.38 Å². The van der Waals surface area contributed by atoms with Crippen molar-refractivity contribution < 1.29 is 14.3 Å². The molecule has 2 heterocycles. The van der Waals surface area contributed by atoms with Crippen LogP contribution in [0.25, 0.3) is 11.3 Å². The first kappa shape index (κ1) is 18.0. The summed E-state index contributed by atoms with van der Waals surface area (Å²) in [6.45, 7) is 5.97. The van der Waals surface area contributed by atoms with Crippen LogP contribution in [0.3, 0.4) is 0 Å². The standard InChI is InChI=1S/C19H24N2O3S/c1-13-5-6-15(10-14(13)2)17-12-25-19(20-17)21-18(22)7-9-23-11-16-4-3-8-24-16/h5-6,10,12,16H,3-4,7-9,11H2,1-2H3,(H,20,21,22). The maximum Gasteiger partial charge on any atom is 0.228 e. The number of hydrogen-bond acceptors (Lipinski definition) is 5. The highest BCUT2D eigenvalue weighted by atomic mass is 32.1. The maximum absolute atomic E-state index is 12.0. The summed E-state index contributed by atoms with van der Waals surface area (Å²) in [5.74, 6) is -0.0756. The van der Waals surface area contributed by atoms with E-state index in [4.69, 9.17) is 9.47 Å². The minimum Gasteiger partial charge on any atom is -0.378 e. The van der Waals surface area contributed by atoms with E-state index >= 15 is 0 Å². The molecule has 25 heavy (non-hydrogen) atoms. The van der Waals surface area contributed by atoms with Gasteiger partial charge in [0.15, 0.2) is 5.13 Å². The molecule has 1 aromatic heterocycles. The van der Waals surface area contributed by atoms with Gasteiger partial charge in [0, 0.05) is 17.6 Å². The zero-order valence-electron chi connectivity index (χ0n) is 14.7. The van der Waals surface area contributed by atoms with Gasteiger partial charge in [-0.2, -0.15) is 0 Å². The molecule has 1 atom stereocenters. The second-order valence-electron chi connectivity index (χ2n) is 6.35. The largest absolute Gasteiger partial charge is 0.378 e. The Morgan fingerprint density at radius 2 is 2.28 bits per heavy atom. The lowest BCUT2D eigenvalue weighted by Gasteiger charge is -2.09. The molecule has 0 aliphatic carbocycles. The highest BCUT2D eigenvalue weighted by Gasteiger charge is 2.15. The van der Waals surface area contributed by atoms with Gasteiger partial charge in [0.2, 0.25) is 5.91 Å².